The summed E-state index contributed by atoms with van der Waals surface area (Å²) in [6, 6.07) is 5.72. The van der Waals surface area contributed by atoms with Crippen molar-refractivity contribution in [2.24, 2.45) is 0 Å². The largest absolute Gasteiger partial charge is 1.00 e. The lowest BCUT2D eigenvalue weighted by Crippen LogP contribution is -3.00. The molecule has 0 fully saturated rings. The van der Waals surface area contributed by atoms with Crippen molar-refractivity contribution >= 4 is 23.8 Å². The van der Waals surface area contributed by atoms with Crippen LogP contribution in [-0.4, -0.2) is 35.0 Å². The second-order valence-corrected chi connectivity index (χ2v) is 5.79. The fraction of sp³-hybridized carbons (Fsp3) is 0.533. The van der Waals surface area contributed by atoms with Crippen LogP contribution in [0.4, 0.5) is 4.79 Å². The van der Waals surface area contributed by atoms with Gasteiger partial charge in [-0.25, -0.2) is 14.3 Å². The van der Waals surface area contributed by atoms with Crippen LogP contribution in [0.15, 0.2) is 24.4 Å². The highest BCUT2D eigenvalue weighted by Gasteiger charge is 2.23. The lowest BCUT2D eigenvalue weighted by atomic mass is 10.3. The Bertz CT molecular complexity index is 486. The zero-order valence-corrected chi connectivity index (χ0v) is 16.2. The monoisotopic (exact) mass is 438 g/mol. The van der Waals surface area contributed by atoms with Crippen molar-refractivity contribution in [2.45, 2.75) is 33.9 Å². The third kappa shape index (κ3) is 6.95. The summed E-state index contributed by atoms with van der Waals surface area (Å²) < 4.78 is 7.15. The lowest BCUT2D eigenvalue weighted by molar-refractivity contribution is -0.701. The number of amides is 2. The minimum Gasteiger partial charge on any atom is -1.00 e. The second kappa shape index (κ2) is 11.7. The molecular weight excluding hydrogens is 415 g/mol. The number of aromatic nitrogens is 1. The van der Waals surface area contributed by atoms with Gasteiger partial charge in [-0.3, -0.25) is 4.79 Å². The molecule has 0 radical (unpaired) electrons. The molecule has 0 saturated heterocycles. The normalized spacial score (nSPS) is 9.77. The summed E-state index contributed by atoms with van der Waals surface area (Å²) in [5.74, 6) is 1.41. The van der Waals surface area contributed by atoms with Gasteiger partial charge in [0.05, 0.1) is 0 Å². The van der Waals surface area contributed by atoms with Crippen LogP contribution in [0.5, 0.6) is 0 Å². The predicted octanol–water partition coefficient (Wildman–Crippen LogP) is -0.764. The van der Waals surface area contributed by atoms with Crippen LogP contribution < -0.4 is 28.5 Å². The molecule has 124 valence electrons. The Hall–Kier alpha value is -0.830. The Morgan fingerprint density at radius 2 is 2.05 bits per heavy atom. The van der Waals surface area contributed by atoms with Crippen molar-refractivity contribution in [1.82, 2.24) is 4.90 Å². The quantitative estimate of drug-likeness (QED) is 0.319. The Kier molecular flexibility index (Phi) is 11.3. The number of carbonyl (C=O) groups is 2. The van der Waals surface area contributed by atoms with E-state index in [2.05, 4.69) is 0 Å². The first-order valence-electron chi connectivity index (χ1n) is 7.10. The standard InChI is InChI=1S/C15H23N2O3S.HI/c1-4-16-9-7-6-8-14(16)12-17(13(3)18)15(19)20-10-11-21-5-2;/h6-9H,4-5,10-12H2,1-3H3;1H/q+1;/p-1. The van der Waals surface area contributed by atoms with E-state index in [4.69, 9.17) is 4.74 Å². The Morgan fingerprint density at radius 3 is 2.64 bits per heavy atom. The van der Waals surface area contributed by atoms with Crippen molar-refractivity contribution in [3.05, 3.63) is 30.1 Å². The van der Waals surface area contributed by atoms with Crippen LogP contribution >= 0.6 is 11.8 Å². The lowest BCUT2D eigenvalue weighted by Gasteiger charge is -2.17. The number of carbonyl (C=O) groups excluding carboxylic acids is 2. The van der Waals surface area contributed by atoms with Gasteiger partial charge in [-0.05, 0) is 12.7 Å². The predicted molar refractivity (Wildman–Crippen MR) is 82.9 cm³/mol. The smallest absolute Gasteiger partial charge is 0.417 e. The minimum absolute atomic E-state index is 0. The molecule has 0 unspecified atom stereocenters. The number of hydrogen-bond donors (Lipinski definition) is 0. The molecule has 0 aliphatic rings. The number of hydrogen-bond acceptors (Lipinski definition) is 4. The molecule has 1 aromatic heterocycles. The average molecular weight is 438 g/mol. The van der Waals surface area contributed by atoms with E-state index in [0.717, 1.165) is 28.6 Å². The number of imide groups is 1. The molecule has 2 amide bonds. The molecule has 0 spiro atoms. The van der Waals surface area contributed by atoms with Crippen LogP contribution in [0.1, 0.15) is 26.5 Å². The molecule has 7 heteroatoms. The van der Waals surface area contributed by atoms with Gasteiger partial charge < -0.3 is 28.7 Å². The number of halogens is 1. The van der Waals surface area contributed by atoms with E-state index in [9.17, 15) is 9.59 Å². The Labute approximate surface area is 153 Å². The van der Waals surface area contributed by atoms with Crippen LogP contribution in [0, 0.1) is 0 Å². The van der Waals surface area contributed by atoms with E-state index >= 15 is 0 Å². The van der Waals surface area contributed by atoms with E-state index in [0.29, 0.717) is 6.61 Å². The van der Waals surface area contributed by atoms with E-state index in [1.807, 2.05) is 42.8 Å². The molecule has 22 heavy (non-hydrogen) atoms. The second-order valence-electron chi connectivity index (χ2n) is 4.39. The Balaban J connectivity index is 0.00000441. The van der Waals surface area contributed by atoms with Gasteiger partial charge in [0.25, 0.3) is 0 Å². The summed E-state index contributed by atoms with van der Waals surface area (Å²) in [6.07, 6.45) is 1.35. The summed E-state index contributed by atoms with van der Waals surface area (Å²) in [6.45, 7) is 6.77. The van der Waals surface area contributed by atoms with Gasteiger partial charge in [-0.1, -0.05) is 13.0 Å². The number of ether oxygens (including phenoxy) is 1. The van der Waals surface area contributed by atoms with E-state index < -0.39 is 6.09 Å². The molecule has 1 heterocycles. The summed E-state index contributed by atoms with van der Waals surface area (Å²) in [5.41, 5.74) is 0.898. The number of nitrogens with zero attached hydrogens (tertiary/aromatic N) is 2. The molecule has 0 N–H and O–H groups in total. The van der Waals surface area contributed by atoms with Gasteiger partial charge in [0.1, 0.15) is 19.7 Å². The molecular formula is C15H23IN2O3S. The van der Waals surface area contributed by atoms with Gasteiger partial charge in [0.15, 0.2) is 6.20 Å². The molecule has 0 aliphatic carbocycles. The summed E-state index contributed by atoms with van der Waals surface area (Å²) in [5, 5.41) is 0. The molecule has 0 atom stereocenters. The fourth-order valence-electron chi connectivity index (χ4n) is 1.84. The van der Waals surface area contributed by atoms with E-state index in [-0.39, 0.29) is 36.4 Å². The molecule has 0 saturated carbocycles. The van der Waals surface area contributed by atoms with Gasteiger partial charge in [0, 0.05) is 24.8 Å². The van der Waals surface area contributed by atoms with E-state index in [1.165, 1.54) is 6.92 Å². The van der Waals surface area contributed by atoms with Crippen molar-refractivity contribution in [3.63, 3.8) is 0 Å². The number of aryl methyl sites for hydroxylation is 1. The van der Waals surface area contributed by atoms with Crippen molar-refractivity contribution in [2.75, 3.05) is 18.1 Å². The maximum Gasteiger partial charge on any atom is 0.417 e. The zero-order valence-electron chi connectivity index (χ0n) is 13.3. The molecule has 1 aromatic rings. The first-order valence-corrected chi connectivity index (χ1v) is 8.25. The van der Waals surface area contributed by atoms with Gasteiger partial charge in [0.2, 0.25) is 11.6 Å². The first kappa shape index (κ1) is 21.2. The topological polar surface area (TPSA) is 50.5 Å². The fourth-order valence-corrected chi connectivity index (χ4v) is 2.33. The maximum absolute atomic E-state index is 12.0. The SMILES string of the molecule is CCSCCOC(=O)N(Cc1cccc[n+]1CC)C(C)=O.[I-]. The average Bonchev–Trinajstić information content (AvgIpc) is 2.49. The zero-order chi connectivity index (χ0) is 15.7. The number of rotatable bonds is 7. The van der Waals surface area contributed by atoms with Gasteiger partial charge >= 0.3 is 6.09 Å². The molecule has 1 rings (SSSR count). The van der Waals surface area contributed by atoms with Crippen molar-refractivity contribution in [3.8, 4) is 0 Å². The van der Waals surface area contributed by atoms with Gasteiger partial charge in [-0.15, -0.1) is 0 Å². The van der Waals surface area contributed by atoms with Crippen molar-refractivity contribution < 1.29 is 42.9 Å². The maximum atomic E-state index is 12.0. The van der Waals surface area contributed by atoms with Crippen LogP contribution in [-0.2, 0) is 22.6 Å². The van der Waals surface area contributed by atoms with Gasteiger partial charge in [-0.2, -0.15) is 11.8 Å². The highest BCUT2D eigenvalue weighted by atomic mass is 127. The number of thioether (sulfide) groups is 1. The van der Waals surface area contributed by atoms with Crippen LogP contribution in [0.3, 0.4) is 0 Å². The third-order valence-electron chi connectivity index (χ3n) is 2.95. The molecule has 5 nitrogen and oxygen atoms in total. The summed E-state index contributed by atoms with van der Waals surface area (Å²) >= 11 is 1.70. The highest BCUT2D eigenvalue weighted by Crippen LogP contribution is 2.05. The number of pyridine rings is 1. The highest BCUT2D eigenvalue weighted by molar-refractivity contribution is 7.99. The summed E-state index contributed by atoms with van der Waals surface area (Å²) in [7, 11) is 0. The molecule has 0 aromatic carbocycles. The van der Waals surface area contributed by atoms with Crippen LogP contribution in [0.25, 0.3) is 0 Å². The van der Waals surface area contributed by atoms with Crippen LogP contribution in [0.2, 0.25) is 0 Å². The Morgan fingerprint density at radius 1 is 1.32 bits per heavy atom. The molecule has 0 aliphatic heterocycles. The van der Waals surface area contributed by atoms with E-state index in [1.54, 1.807) is 11.8 Å². The molecule has 0 bridgehead atoms. The first-order chi connectivity index (χ1) is 10.1. The minimum atomic E-state index is -0.578. The third-order valence-corrected chi connectivity index (χ3v) is 3.82. The summed E-state index contributed by atoms with van der Waals surface area (Å²) in [4.78, 5) is 24.8. The van der Waals surface area contributed by atoms with Crippen molar-refractivity contribution in [1.29, 1.82) is 0 Å².